The van der Waals surface area contributed by atoms with Gasteiger partial charge in [0, 0.05) is 32.1 Å². The Bertz CT molecular complexity index is 1310. The third-order valence-electron chi connectivity index (χ3n) is 6.08. The number of piperidine rings is 1. The van der Waals surface area contributed by atoms with E-state index in [0.29, 0.717) is 50.7 Å². The number of nitrogens with zero attached hydrogens (tertiary/aromatic N) is 5. The van der Waals surface area contributed by atoms with Crippen molar-refractivity contribution in [2.75, 3.05) is 24.5 Å². The van der Waals surface area contributed by atoms with E-state index in [2.05, 4.69) is 25.9 Å². The van der Waals surface area contributed by atoms with Crippen molar-refractivity contribution < 1.29 is 13.6 Å². The molecule has 0 unspecified atom stereocenters. The molecule has 0 radical (unpaired) electrons. The molecule has 9 nitrogen and oxygen atoms in total. The van der Waals surface area contributed by atoms with Gasteiger partial charge in [0.05, 0.1) is 17.3 Å². The molecule has 4 aromatic rings. The van der Waals surface area contributed by atoms with Crippen LogP contribution in [0.4, 0.5) is 5.88 Å². The Morgan fingerprint density at radius 3 is 2.79 bits per heavy atom. The molecule has 1 aliphatic rings. The van der Waals surface area contributed by atoms with Gasteiger partial charge in [-0.05, 0) is 44.0 Å². The lowest BCUT2D eigenvalue weighted by atomic mass is 9.96. The van der Waals surface area contributed by atoms with Gasteiger partial charge in [0.15, 0.2) is 5.76 Å². The number of hydrogen-bond acceptors (Lipinski definition) is 7. The zero-order valence-electron chi connectivity index (χ0n) is 18.3. The SMILES string of the molecule is Cc1nc2ccccc2n1CCNC(=O)C1CCN(c2oc(-c3ccco3)nc2C#N)CC1. The molecule has 5 rings (SSSR count). The maximum absolute atomic E-state index is 12.7. The molecule has 3 aromatic heterocycles. The van der Waals surface area contributed by atoms with Crippen LogP contribution >= 0.6 is 0 Å². The van der Waals surface area contributed by atoms with Crippen molar-refractivity contribution in [1.82, 2.24) is 19.9 Å². The van der Waals surface area contributed by atoms with Crippen LogP contribution < -0.4 is 10.2 Å². The van der Waals surface area contributed by atoms with Crippen molar-refractivity contribution in [3.63, 3.8) is 0 Å². The number of imidazole rings is 1. The van der Waals surface area contributed by atoms with Crippen molar-refractivity contribution in [3.05, 3.63) is 54.2 Å². The van der Waals surface area contributed by atoms with Crippen LogP contribution in [0, 0.1) is 24.2 Å². The molecule has 1 fully saturated rings. The molecule has 0 aliphatic carbocycles. The minimum Gasteiger partial charge on any atom is -0.459 e. The highest BCUT2D eigenvalue weighted by Crippen LogP contribution is 2.31. The zero-order valence-corrected chi connectivity index (χ0v) is 18.3. The maximum Gasteiger partial charge on any atom is 0.266 e. The second kappa shape index (κ2) is 8.82. The molecule has 9 heteroatoms. The summed E-state index contributed by atoms with van der Waals surface area (Å²) in [5.41, 5.74) is 2.27. The number of carbonyl (C=O) groups is 1. The van der Waals surface area contributed by atoms with E-state index in [1.807, 2.05) is 36.1 Å². The highest BCUT2D eigenvalue weighted by molar-refractivity contribution is 5.79. The molecule has 0 saturated carbocycles. The van der Waals surface area contributed by atoms with Crippen LogP contribution in [0.5, 0.6) is 0 Å². The zero-order chi connectivity index (χ0) is 22.8. The normalized spacial score (nSPS) is 14.5. The predicted molar refractivity (Wildman–Crippen MR) is 121 cm³/mol. The van der Waals surface area contributed by atoms with Crippen LogP contribution in [0.15, 0.2) is 51.5 Å². The summed E-state index contributed by atoms with van der Waals surface area (Å²) < 4.78 is 13.3. The van der Waals surface area contributed by atoms with Gasteiger partial charge in [-0.3, -0.25) is 4.79 Å². The van der Waals surface area contributed by atoms with Crippen LogP contribution in [-0.4, -0.2) is 40.1 Å². The molecule has 1 aromatic carbocycles. The number of furan rings is 1. The summed E-state index contributed by atoms with van der Waals surface area (Å²) in [5.74, 6) is 2.13. The van der Waals surface area contributed by atoms with Gasteiger partial charge in [0.25, 0.3) is 5.89 Å². The summed E-state index contributed by atoms with van der Waals surface area (Å²) in [4.78, 5) is 23.5. The number of benzene rings is 1. The Morgan fingerprint density at radius 1 is 1.21 bits per heavy atom. The fourth-order valence-corrected chi connectivity index (χ4v) is 4.36. The first-order chi connectivity index (χ1) is 16.1. The molecule has 168 valence electrons. The van der Waals surface area contributed by atoms with E-state index in [1.54, 1.807) is 12.1 Å². The Morgan fingerprint density at radius 2 is 2.03 bits per heavy atom. The van der Waals surface area contributed by atoms with Gasteiger partial charge in [0.2, 0.25) is 17.5 Å². The minimum atomic E-state index is -0.0696. The molecule has 1 saturated heterocycles. The van der Waals surface area contributed by atoms with Crippen LogP contribution in [0.3, 0.4) is 0 Å². The maximum atomic E-state index is 12.7. The van der Waals surface area contributed by atoms with Crippen LogP contribution in [-0.2, 0) is 11.3 Å². The molecule has 1 N–H and O–H groups in total. The van der Waals surface area contributed by atoms with E-state index in [0.717, 1.165) is 16.9 Å². The third kappa shape index (κ3) is 4.07. The molecule has 0 atom stereocenters. The molecule has 0 bridgehead atoms. The number of anilines is 1. The number of nitriles is 1. The van der Waals surface area contributed by atoms with E-state index >= 15 is 0 Å². The van der Waals surface area contributed by atoms with E-state index in [-0.39, 0.29) is 23.4 Å². The molecule has 0 spiro atoms. The summed E-state index contributed by atoms with van der Waals surface area (Å²) in [5, 5.41) is 12.5. The van der Waals surface area contributed by atoms with Crippen molar-refractivity contribution in [3.8, 4) is 17.7 Å². The molecule has 33 heavy (non-hydrogen) atoms. The number of carbonyl (C=O) groups excluding carboxylic acids is 1. The standard InChI is InChI=1S/C24H24N6O3/c1-16-27-18-5-2-3-6-20(18)30(16)13-10-26-22(31)17-8-11-29(12-9-17)24-19(15-25)28-23(33-24)21-7-4-14-32-21/h2-7,14,17H,8-13H2,1H3,(H,26,31). The molecule has 4 heterocycles. The van der Waals surface area contributed by atoms with Gasteiger partial charge in [-0.1, -0.05) is 12.1 Å². The summed E-state index contributed by atoms with van der Waals surface area (Å²) in [6, 6.07) is 13.6. The lowest BCUT2D eigenvalue weighted by Crippen LogP contribution is -2.41. The predicted octanol–water partition coefficient (Wildman–Crippen LogP) is 3.50. The molecular formula is C24H24N6O3. The topological polar surface area (TPSA) is 113 Å². The Labute approximate surface area is 190 Å². The van der Waals surface area contributed by atoms with Crippen molar-refractivity contribution in [2.45, 2.75) is 26.3 Å². The lowest BCUT2D eigenvalue weighted by Gasteiger charge is -2.31. The fraction of sp³-hybridized carbons (Fsp3) is 0.333. The van der Waals surface area contributed by atoms with Gasteiger partial charge in [-0.15, -0.1) is 0 Å². The summed E-state index contributed by atoms with van der Waals surface area (Å²) in [6.45, 7) is 4.44. The number of fused-ring (bicyclic) bond motifs is 1. The minimum absolute atomic E-state index is 0.0612. The van der Waals surface area contributed by atoms with Crippen LogP contribution in [0.25, 0.3) is 22.7 Å². The van der Waals surface area contributed by atoms with Crippen LogP contribution in [0.2, 0.25) is 0 Å². The largest absolute Gasteiger partial charge is 0.459 e. The van der Waals surface area contributed by atoms with Gasteiger partial charge >= 0.3 is 0 Å². The first-order valence-electron chi connectivity index (χ1n) is 11.0. The highest BCUT2D eigenvalue weighted by Gasteiger charge is 2.29. The Balaban J connectivity index is 1.16. The van der Waals surface area contributed by atoms with Crippen LogP contribution in [0.1, 0.15) is 24.4 Å². The van der Waals surface area contributed by atoms with Gasteiger partial charge in [-0.2, -0.15) is 10.2 Å². The summed E-state index contributed by atoms with van der Waals surface area (Å²) in [7, 11) is 0. The van der Waals surface area contributed by atoms with Crippen molar-refractivity contribution in [1.29, 1.82) is 5.26 Å². The molecular weight excluding hydrogens is 420 g/mol. The smallest absolute Gasteiger partial charge is 0.266 e. The number of oxazole rings is 1. The first-order valence-corrected chi connectivity index (χ1v) is 11.0. The fourth-order valence-electron chi connectivity index (χ4n) is 4.36. The molecule has 1 aliphatic heterocycles. The highest BCUT2D eigenvalue weighted by atomic mass is 16.4. The second-order valence-corrected chi connectivity index (χ2v) is 8.11. The second-order valence-electron chi connectivity index (χ2n) is 8.11. The third-order valence-corrected chi connectivity index (χ3v) is 6.08. The summed E-state index contributed by atoms with van der Waals surface area (Å²) in [6.07, 6.45) is 2.90. The van der Waals surface area contributed by atoms with E-state index in [4.69, 9.17) is 8.83 Å². The number of para-hydroxylation sites is 2. The quantitative estimate of drug-likeness (QED) is 0.484. The van der Waals surface area contributed by atoms with E-state index in [9.17, 15) is 10.1 Å². The average Bonchev–Trinajstić information content (AvgIpc) is 3.58. The number of aromatic nitrogens is 3. The van der Waals surface area contributed by atoms with Crippen molar-refractivity contribution in [2.24, 2.45) is 5.92 Å². The number of aryl methyl sites for hydroxylation is 1. The number of hydrogen-bond donors (Lipinski definition) is 1. The Hall–Kier alpha value is -4.06. The van der Waals surface area contributed by atoms with E-state index in [1.165, 1.54) is 6.26 Å². The van der Waals surface area contributed by atoms with Crippen molar-refractivity contribution >= 4 is 22.8 Å². The Kier molecular flexibility index (Phi) is 5.57. The monoisotopic (exact) mass is 444 g/mol. The first kappa shape index (κ1) is 20.8. The average molecular weight is 444 g/mol. The van der Waals surface area contributed by atoms with Gasteiger partial charge in [-0.25, -0.2) is 4.98 Å². The number of rotatable bonds is 6. The lowest BCUT2D eigenvalue weighted by molar-refractivity contribution is -0.125. The number of nitrogens with one attached hydrogen (secondary N) is 1. The van der Waals surface area contributed by atoms with Gasteiger partial charge in [0.1, 0.15) is 11.9 Å². The molecule has 1 amide bonds. The summed E-state index contributed by atoms with van der Waals surface area (Å²) >= 11 is 0. The number of amides is 1. The van der Waals surface area contributed by atoms with Gasteiger partial charge < -0.3 is 23.6 Å². The van der Waals surface area contributed by atoms with E-state index < -0.39 is 0 Å².